The molecule has 0 aliphatic heterocycles. The van der Waals surface area contributed by atoms with E-state index < -0.39 is 74.0 Å². The molecule has 4 N–H and O–H groups in total. The van der Waals surface area contributed by atoms with Crippen molar-refractivity contribution in [1.82, 2.24) is 0 Å². The van der Waals surface area contributed by atoms with E-state index in [0.29, 0.717) is 21.6 Å². The highest BCUT2D eigenvalue weighted by molar-refractivity contribution is 8.76. The largest absolute Gasteiger partial charge is 0.286 e. The smallest absolute Gasteiger partial charge is 0.269 e. The van der Waals surface area contributed by atoms with Gasteiger partial charge in [-0.15, -0.1) is 0 Å². The van der Waals surface area contributed by atoms with E-state index >= 15 is 0 Å². The van der Waals surface area contributed by atoms with Crippen LogP contribution in [0.4, 0.5) is 0 Å². The predicted molar refractivity (Wildman–Crippen MR) is 88.4 cm³/mol. The van der Waals surface area contributed by atoms with Crippen LogP contribution in [-0.2, 0) is 40.5 Å². The average molecular weight is 471 g/mol. The Kier molecular flexibility index (Phi) is 8.95. The van der Waals surface area contributed by atoms with Crippen LogP contribution < -0.4 is 0 Å². The summed E-state index contributed by atoms with van der Waals surface area (Å²) in [6.45, 7) is 0. The predicted octanol–water partition coefficient (Wildman–Crippen LogP) is -1.34. The van der Waals surface area contributed by atoms with E-state index in [0.717, 1.165) is 0 Å². The lowest BCUT2D eigenvalue weighted by atomic mass is 10.5. The molecule has 2 unspecified atom stereocenters. The molecule has 0 aromatic heterocycles. The summed E-state index contributed by atoms with van der Waals surface area (Å²) < 4.78 is 122. The molecule has 0 aromatic rings. The summed E-state index contributed by atoms with van der Waals surface area (Å²) >= 11 is 0. The average Bonchev–Trinajstić information content (AvgIpc) is 2.25. The normalized spacial score (nSPS) is 16.7. The third kappa shape index (κ3) is 11.8. The van der Waals surface area contributed by atoms with Gasteiger partial charge in [-0.3, -0.25) is 18.2 Å². The summed E-state index contributed by atoms with van der Waals surface area (Å²) in [5.41, 5.74) is 0. The van der Waals surface area contributed by atoms with Crippen LogP contribution in [0.15, 0.2) is 0 Å². The lowest BCUT2D eigenvalue weighted by Gasteiger charge is -2.13. The lowest BCUT2D eigenvalue weighted by Crippen LogP contribution is -2.32. The molecule has 0 rings (SSSR count). The molecule has 0 saturated carbocycles. The Morgan fingerprint density at radius 2 is 0.833 bits per heavy atom. The summed E-state index contributed by atoms with van der Waals surface area (Å²) in [6, 6.07) is 0. The molecule has 12 nitrogen and oxygen atoms in total. The van der Waals surface area contributed by atoms with Gasteiger partial charge in [0.15, 0.2) is 0 Å². The van der Waals surface area contributed by atoms with Gasteiger partial charge >= 0.3 is 0 Å². The van der Waals surface area contributed by atoms with E-state index in [2.05, 4.69) is 0 Å². The summed E-state index contributed by atoms with van der Waals surface area (Å²) in [4.78, 5) is 0. The highest BCUT2D eigenvalue weighted by Crippen LogP contribution is 2.27. The van der Waals surface area contributed by atoms with Gasteiger partial charge < -0.3 is 0 Å². The van der Waals surface area contributed by atoms with Crippen molar-refractivity contribution in [3.8, 4) is 0 Å². The van der Waals surface area contributed by atoms with Gasteiger partial charge in [0.1, 0.15) is 10.5 Å². The first kappa shape index (κ1) is 24.3. The van der Waals surface area contributed by atoms with E-state index in [1.54, 1.807) is 0 Å². The Hall–Kier alpha value is 0.340. The first-order valence-corrected chi connectivity index (χ1v) is 14.2. The fourth-order valence-electron chi connectivity index (χ4n) is 1.16. The molecule has 0 aliphatic carbocycles. The van der Waals surface area contributed by atoms with Gasteiger partial charge in [0.2, 0.25) is 0 Å². The van der Waals surface area contributed by atoms with Crippen molar-refractivity contribution in [2.24, 2.45) is 0 Å². The second-order valence-electron chi connectivity index (χ2n) is 4.34. The van der Waals surface area contributed by atoms with Crippen LogP contribution in [0.1, 0.15) is 0 Å². The maximum atomic E-state index is 11.0. The quantitative estimate of drug-likeness (QED) is 0.156. The molecule has 2 atom stereocenters. The van der Waals surface area contributed by atoms with Crippen LogP contribution in [0.5, 0.6) is 0 Å². The summed E-state index contributed by atoms with van der Waals surface area (Å²) in [7, 11) is -18.0. The third-order valence-corrected chi connectivity index (χ3v) is 9.63. The van der Waals surface area contributed by atoms with Crippen molar-refractivity contribution >= 4 is 62.1 Å². The van der Waals surface area contributed by atoms with Gasteiger partial charge in [0, 0.05) is 11.5 Å². The molecule has 0 saturated heterocycles. The van der Waals surface area contributed by atoms with E-state index in [4.69, 9.17) is 18.2 Å². The molecule has 18 heteroatoms. The fraction of sp³-hybridized carbons (Fsp3) is 1.00. The highest BCUT2D eigenvalue weighted by atomic mass is 33.1. The Morgan fingerprint density at radius 1 is 0.583 bits per heavy atom. The van der Waals surface area contributed by atoms with Crippen LogP contribution >= 0.6 is 21.6 Å². The lowest BCUT2D eigenvalue weighted by molar-refractivity contribution is 0.461. The van der Waals surface area contributed by atoms with Gasteiger partial charge in [0.25, 0.3) is 40.5 Å². The van der Waals surface area contributed by atoms with Crippen molar-refractivity contribution in [2.45, 2.75) is 10.5 Å². The zero-order chi connectivity index (χ0) is 19.4. The van der Waals surface area contributed by atoms with Gasteiger partial charge in [-0.1, -0.05) is 21.6 Å². The molecule has 0 bridgehead atoms. The van der Waals surface area contributed by atoms with Crippen molar-refractivity contribution in [3.05, 3.63) is 0 Å². The minimum Gasteiger partial charge on any atom is -0.286 e. The Morgan fingerprint density at radius 3 is 1.00 bits per heavy atom. The second-order valence-corrected chi connectivity index (χ2v) is 13.3. The molecule has 146 valence electrons. The van der Waals surface area contributed by atoms with E-state index in [-0.39, 0.29) is 0 Å². The maximum absolute atomic E-state index is 11.0. The molecule has 0 aromatic carbocycles. The van der Waals surface area contributed by atoms with Crippen molar-refractivity contribution in [2.75, 3.05) is 23.0 Å². The zero-order valence-corrected chi connectivity index (χ0v) is 16.4. The maximum Gasteiger partial charge on any atom is 0.269 e. The summed E-state index contributed by atoms with van der Waals surface area (Å²) in [5.74, 6) is -3.78. The van der Waals surface area contributed by atoms with Crippen molar-refractivity contribution < 1.29 is 51.9 Å². The SMILES string of the molecule is O=S(=O)(O)CC(CSSCC(CS(=O)(=O)O)S(=O)(=O)O)S(=O)(=O)O. The molecule has 24 heavy (non-hydrogen) atoms. The van der Waals surface area contributed by atoms with Gasteiger partial charge in [0.05, 0.1) is 11.5 Å². The molecule has 0 fully saturated rings. The van der Waals surface area contributed by atoms with Gasteiger partial charge in [-0.05, 0) is 0 Å². The minimum atomic E-state index is -4.83. The van der Waals surface area contributed by atoms with Crippen LogP contribution in [-0.4, -0.2) is 85.4 Å². The van der Waals surface area contributed by atoms with Crippen molar-refractivity contribution in [1.29, 1.82) is 0 Å². The molecular weight excluding hydrogens is 456 g/mol. The Labute approximate surface area is 147 Å². The Balaban J connectivity index is 4.82. The third-order valence-electron chi connectivity index (χ3n) is 2.23. The molecule has 0 radical (unpaired) electrons. The van der Waals surface area contributed by atoms with Crippen LogP contribution in [0.3, 0.4) is 0 Å². The fourth-order valence-corrected chi connectivity index (χ4v) is 9.63. The number of hydrogen-bond acceptors (Lipinski definition) is 10. The summed E-state index contributed by atoms with van der Waals surface area (Å²) in [5, 5.41) is -3.81. The zero-order valence-electron chi connectivity index (χ0n) is 11.5. The van der Waals surface area contributed by atoms with Gasteiger partial charge in [-0.25, -0.2) is 0 Å². The monoisotopic (exact) mass is 470 g/mol. The molecule has 0 amide bonds. The highest BCUT2D eigenvalue weighted by Gasteiger charge is 2.31. The Bertz CT molecular complexity index is 748. The van der Waals surface area contributed by atoms with E-state index in [9.17, 15) is 33.7 Å². The minimum absolute atomic E-state index is 0.549. The number of rotatable bonds is 11. The topological polar surface area (TPSA) is 217 Å². The molecule has 0 spiro atoms. The first-order valence-electron chi connectivity index (χ1n) is 5.49. The number of hydrogen-bond donors (Lipinski definition) is 4. The van der Waals surface area contributed by atoms with E-state index in [1.807, 2.05) is 0 Å². The molecular formula is C6H14O12S6. The van der Waals surface area contributed by atoms with Gasteiger partial charge in [-0.2, -0.15) is 33.7 Å². The molecule has 0 aliphatic rings. The van der Waals surface area contributed by atoms with Crippen molar-refractivity contribution in [3.63, 3.8) is 0 Å². The van der Waals surface area contributed by atoms with Crippen LogP contribution in [0.2, 0.25) is 0 Å². The first-order chi connectivity index (χ1) is 10.4. The second kappa shape index (κ2) is 8.82. The van der Waals surface area contributed by atoms with Crippen LogP contribution in [0.25, 0.3) is 0 Å². The molecule has 0 heterocycles. The van der Waals surface area contributed by atoms with E-state index in [1.165, 1.54) is 0 Å². The standard InChI is InChI=1S/C6H14O12S6/c7-21(8,9)3-5(23(13,14)15)1-19-20-2-6(24(16,17)18)4-22(10,11)12/h5-6H,1-4H2,(H,7,8,9)(H,10,11,12)(H,13,14,15)(H,16,17,18). The van der Waals surface area contributed by atoms with Crippen LogP contribution in [0, 0.1) is 0 Å². The summed E-state index contributed by atoms with van der Waals surface area (Å²) in [6.07, 6.45) is 0.